The molecule has 0 unspecified atom stereocenters. The van der Waals surface area contributed by atoms with Crippen LogP contribution in [0.4, 0.5) is 0 Å². The Morgan fingerprint density at radius 1 is 0.750 bits per heavy atom. The van der Waals surface area contributed by atoms with Crippen LogP contribution in [0.1, 0.15) is 50.2 Å². The maximum absolute atomic E-state index is 12.2. The highest BCUT2D eigenvalue weighted by molar-refractivity contribution is 5.74. The van der Waals surface area contributed by atoms with E-state index in [4.69, 9.17) is 18.9 Å². The van der Waals surface area contributed by atoms with Gasteiger partial charge in [0.15, 0.2) is 23.0 Å². The van der Waals surface area contributed by atoms with Crippen molar-refractivity contribution in [2.45, 2.75) is 51.9 Å². The van der Waals surface area contributed by atoms with E-state index < -0.39 is 11.4 Å². The van der Waals surface area contributed by atoms with Gasteiger partial charge in [0.2, 0.25) is 0 Å². The molecule has 0 bridgehead atoms. The second-order valence-electron chi connectivity index (χ2n) is 8.02. The summed E-state index contributed by atoms with van der Waals surface area (Å²) in [5.74, 6) is 2.07. The first-order valence-corrected chi connectivity index (χ1v) is 11.1. The van der Waals surface area contributed by atoms with Crippen molar-refractivity contribution in [2.75, 3.05) is 28.4 Å². The summed E-state index contributed by atoms with van der Waals surface area (Å²) in [6, 6.07) is 11.7. The van der Waals surface area contributed by atoms with E-state index in [1.54, 1.807) is 28.4 Å². The molecule has 0 atom stereocenters. The van der Waals surface area contributed by atoms with Crippen molar-refractivity contribution in [1.82, 2.24) is 0 Å². The van der Waals surface area contributed by atoms with Gasteiger partial charge in [-0.25, -0.2) is 0 Å². The smallest absolute Gasteiger partial charge is 0.309 e. The van der Waals surface area contributed by atoms with Crippen molar-refractivity contribution in [2.24, 2.45) is 5.41 Å². The van der Waals surface area contributed by atoms with Gasteiger partial charge in [0.05, 0.1) is 33.9 Å². The standard InChI is InChI=1S/C26H36O6/c1-6-26(25(27)28,15-7-9-19-11-13-21(29-2)23(17-19)31-4)16-8-10-20-12-14-22(30-3)24(18-20)32-5/h11-14,17-18H,6-10,15-16H2,1-5H3,(H,27,28). The predicted molar refractivity (Wildman–Crippen MR) is 125 cm³/mol. The van der Waals surface area contributed by atoms with Gasteiger partial charge in [0.1, 0.15) is 0 Å². The fourth-order valence-corrected chi connectivity index (χ4v) is 4.18. The molecular weight excluding hydrogens is 408 g/mol. The molecule has 0 heterocycles. The third-order valence-electron chi connectivity index (χ3n) is 6.27. The lowest BCUT2D eigenvalue weighted by atomic mass is 9.75. The number of carboxylic acid groups (broad SMARTS) is 1. The summed E-state index contributed by atoms with van der Waals surface area (Å²) >= 11 is 0. The van der Waals surface area contributed by atoms with Crippen molar-refractivity contribution >= 4 is 5.97 Å². The van der Waals surface area contributed by atoms with Crippen LogP contribution in [0.3, 0.4) is 0 Å². The lowest BCUT2D eigenvalue weighted by Crippen LogP contribution is -2.30. The number of hydrogen-bond donors (Lipinski definition) is 1. The zero-order valence-electron chi connectivity index (χ0n) is 19.9. The zero-order chi connectivity index (χ0) is 23.6. The van der Waals surface area contributed by atoms with E-state index in [0.717, 1.165) is 36.8 Å². The van der Waals surface area contributed by atoms with Crippen LogP contribution < -0.4 is 18.9 Å². The minimum Gasteiger partial charge on any atom is -0.493 e. The molecule has 0 aliphatic carbocycles. The number of aryl methyl sites for hydroxylation is 2. The molecule has 0 aromatic heterocycles. The first-order valence-electron chi connectivity index (χ1n) is 11.1. The van der Waals surface area contributed by atoms with E-state index in [1.807, 2.05) is 43.3 Å². The molecule has 176 valence electrons. The van der Waals surface area contributed by atoms with Gasteiger partial charge in [-0.3, -0.25) is 4.79 Å². The number of ether oxygens (including phenoxy) is 4. The molecule has 0 spiro atoms. The van der Waals surface area contributed by atoms with Crippen molar-refractivity contribution in [3.63, 3.8) is 0 Å². The molecule has 1 N–H and O–H groups in total. The highest BCUT2D eigenvalue weighted by Gasteiger charge is 2.35. The maximum Gasteiger partial charge on any atom is 0.309 e. The van der Waals surface area contributed by atoms with Crippen LogP contribution in [0.2, 0.25) is 0 Å². The van der Waals surface area contributed by atoms with E-state index in [1.165, 1.54) is 0 Å². The Bertz CT molecular complexity index is 815. The molecule has 6 nitrogen and oxygen atoms in total. The fraction of sp³-hybridized carbons (Fsp3) is 0.500. The summed E-state index contributed by atoms with van der Waals surface area (Å²) in [6.07, 6.45) is 5.08. The fourth-order valence-electron chi connectivity index (χ4n) is 4.18. The minimum atomic E-state index is -0.715. The predicted octanol–water partition coefficient (Wildman–Crippen LogP) is 5.55. The van der Waals surface area contributed by atoms with Gasteiger partial charge in [-0.1, -0.05) is 19.1 Å². The largest absolute Gasteiger partial charge is 0.493 e. The van der Waals surface area contributed by atoms with Crippen LogP contribution in [0.15, 0.2) is 36.4 Å². The number of carboxylic acids is 1. The van der Waals surface area contributed by atoms with E-state index in [9.17, 15) is 9.90 Å². The molecule has 0 fully saturated rings. The first kappa shape index (κ1) is 25.4. The Hall–Kier alpha value is -2.89. The van der Waals surface area contributed by atoms with Crippen LogP contribution in [0.5, 0.6) is 23.0 Å². The van der Waals surface area contributed by atoms with E-state index in [-0.39, 0.29) is 0 Å². The summed E-state index contributed by atoms with van der Waals surface area (Å²) < 4.78 is 21.3. The Morgan fingerprint density at radius 3 is 1.47 bits per heavy atom. The van der Waals surface area contributed by atoms with Crippen LogP contribution in [-0.2, 0) is 17.6 Å². The number of benzene rings is 2. The third-order valence-corrected chi connectivity index (χ3v) is 6.27. The summed E-state index contributed by atoms with van der Waals surface area (Å²) in [6.45, 7) is 1.97. The molecular formula is C26H36O6. The molecule has 2 aromatic rings. The van der Waals surface area contributed by atoms with Crippen LogP contribution in [0.25, 0.3) is 0 Å². The molecule has 2 rings (SSSR count). The third kappa shape index (κ3) is 6.31. The summed E-state index contributed by atoms with van der Waals surface area (Å²) in [5.41, 5.74) is 1.51. The number of aliphatic carboxylic acids is 1. The zero-order valence-corrected chi connectivity index (χ0v) is 19.9. The molecule has 0 saturated heterocycles. The Labute approximate surface area is 191 Å². The monoisotopic (exact) mass is 444 g/mol. The molecule has 0 radical (unpaired) electrons. The SMILES string of the molecule is CCC(CCCc1ccc(OC)c(OC)c1)(CCCc1ccc(OC)c(OC)c1)C(=O)O. The van der Waals surface area contributed by atoms with Crippen molar-refractivity contribution in [1.29, 1.82) is 0 Å². The van der Waals surface area contributed by atoms with Crippen LogP contribution in [-0.4, -0.2) is 39.5 Å². The molecule has 2 aromatic carbocycles. The lowest BCUT2D eigenvalue weighted by Gasteiger charge is -2.28. The molecule has 0 saturated carbocycles. The minimum absolute atomic E-state index is 0.611. The van der Waals surface area contributed by atoms with Gasteiger partial charge in [-0.2, -0.15) is 0 Å². The highest BCUT2D eigenvalue weighted by atomic mass is 16.5. The molecule has 0 amide bonds. The van der Waals surface area contributed by atoms with Crippen LogP contribution >= 0.6 is 0 Å². The van der Waals surface area contributed by atoms with E-state index in [0.29, 0.717) is 42.3 Å². The van der Waals surface area contributed by atoms with Gasteiger partial charge < -0.3 is 24.1 Å². The topological polar surface area (TPSA) is 74.2 Å². The number of hydrogen-bond acceptors (Lipinski definition) is 5. The lowest BCUT2D eigenvalue weighted by molar-refractivity contribution is -0.150. The second kappa shape index (κ2) is 12.2. The molecule has 6 heteroatoms. The summed E-state index contributed by atoms with van der Waals surface area (Å²) in [7, 11) is 6.46. The van der Waals surface area contributed by atoms with Crippen molar-refractivity contribution < 1.29 is 28.8 Å². The molecule has 32 heavy (non-hydrogen) atoms. The van der Waals surface area contributed by atoms with Gasteiger partial charge in [0, 0.05) is 0 Å². The maximum atomic E-state index is 12.2. The Morgan fingerprint density at radius 2 is 1.16 bits per heavy atom. The number of methoxy groups -OCH3 is 4. The first-order chi connectivity index (χ1) is 15.4. The summed E-state index contributed by atoms with van der Waals surface area (Å²) in [4.78, 5) is 12.2. The van der Waals surface area contributed by atoms with E-state index >= 15 is 0 Å². The number of carbonyl (C=O) groups is 1. The number of rotatable bonds is 14. The van der Waals surface area contributed by atoms with Crippen LogP contribution in [0, 0.1) is 5.41 Å². The van der Waals surface area contributed by atoms with Gasteiger partial charge >= 0.3 is 5.97 Å². The van der Waals surface area contributed by atoms with Gasteiger partial charge in [-0.15, -0.1) is 0 Å². The van der Waals surface area contributed by atoms with Crippen molar-refractivity contribution in [3.8, 4) is 23.0 Å². The molecule has 0 aliphatic rings. The van der Waals surface area contributed by atoms with E-state index in [2.05, 4.69) is 0 Å². The Balaban J connectivity index is 1.99. The average Bonchev–Trinajstić information content (AvgIpc) is 2.82. The highest BCUT2D eigenvalue weighted by Crippen LogP contribution is 2.36. The van der Waals surface area contributed by atoms with Crippen molar-refractivity contribution in [3.05, 3.63) is 47.5 Å². The second-order valence-corrected chi connectivity index (χ2v) is 8.02. The summed E-state index contributed by atoms with van der Waals surface area (Å²) in [5, 5.41) is 10.0. The van der Waals surface area contributed by atoms with Gasteiger partial charge in [0.25, 0.3) is 0 Å². The molecule has 0 aliphatic heterocycles. The Kier molecular flexibility index (Phi) is 9.69. The normalized spacial score (nSPS) is 11.2. The quantitative estimate of drug-likeness (QED) is 0.412. The average molecular weight is 445 g/mol. The van der Waals surface area contributed by atoms with Gasteiger partial charge in [-0.05, 0) is 80.3 Å².